The lowest BCUT2D eigenvalue weighted by molar-refractivity contribution is -0.174. The third-order valence-electron chi connectivity index (χ3n) is 7.09. The molecule has 0 radical (unpaired) electrons. The third kappa shape index (κ3) is 8.32. The second kappa shape index (κ2) is 14.3. The van der Waals surface area contributed by atoms with E-state index < -0.39 is 72.8 Å². The number of β-lactam (4-membered cyclic amide) rings is 1. The van der Waals surface area contributed by atoms with Crippen LogP contribution in [0.15, 0.2) is 18.3 Å². The van der Waals surface area contributed by atoms with E-state index in [1.807, 2.05) is 5.32 Å². The van der Waals surface area contributed by atoms with Crippen LogP contribution < -0.4 is 10.6 Å². The molecule has 0 bridgehead atoms. The zero-order valence-corrected chi connectivity index (χ0v) is 23.6. The molecule has 0 aromatic carbocycles. The van der Waals surface area contributed by atoms with Crippen molar-refractivity contribution in [3.05, 3.63) is 23.9 Å². The highest BCUT2D eigenvalue weighted by Crippen LogP contribution is 2.36. The summed E-state index contributed by atoms with van der Waals surface area (Å²) in [5, 5.41) is 4.29. The average molecular weight is 601 g/mol. The fourth-order valence-electron chi connectivity index (χ4n) is 4.98. The van der Waals surface area contributed by atoms with Gasteiger partial charge in [0.05, 0.1) is 18.4 Å². The van der Waals surface area contributed by atoms with Crippen molar-refractivity contribution in [3.63, 3.8) is 0 Å². The largest absolute Gasteiger partial charge is 0.464 e. The summed E-state index contributed by atoms with van der Waals surface area (Å²) in [7, 11) is 0. The SMILES string of the molecule is CCOC(=O)C1[C@@H](Cc2ccnc(NC(=O)OCOC(=O)C(C)C)c2)C(=O)N1C(=O)N[C@@H](C1CCCCC1)C(F)(F)F. The first-order chi connectivity index (χ1) is 19.8. The number of nitrogens with one attached hydrogen (secondary N) is 2. The van der Waals surface area contributed by atoms with Gasteiger partial charge < -0.3 is 19.5 Å². The van der Waals surface area contributed by atoms with E-state index in [1.54, 1.807) is 13.8 Å². The maximum atomic E-state index is 13.9. The number of carbonyl (C=O) groups excluding carboxylic acids is 5. The molecule has 232 valence electrons. The highest BCUT2D eigenvalue weighted by atomic mass is 19.4. The van der Waals surface area contributed by atoms with E-state index in [2.05, 4.69) is 10.3 Å². The molecule has 1 unspecified atom stereocenters. The number of amides is 4. The number of likely N-dealkylation sites (tertiary alicyclic amines) is 1. The van der Waals surface area contributed by atoms with Gasteiger partial charge in [0, 0.05) is 6.20 Å². The van der Waals surface area contributed by atoms with Crippen molar-refractivity contribution in [2.24, 2.45) is 17.8 Å². The summed E-state index contributed by atoms with van der Waals surface area (Å²) in [5.41, 5.74) is 0.426. The number of esters is 2. The van der Waals surface area contributed by atoms with Gasteiger partial charge in [0.2, 0.25) is 12.7 Å². The molecule has 15 heteroatoms. The van der Waals surface area contributed by atoms with Crippen molar-refractivity contribution in [1.82, 2.24) is 15.2 Å². The number of halogens is 3. The summed E-state index contributed by atoms with van der Waals surface area (Å²) < 4.78 is 56.2. The van der Waals surface area contributed by atoms with Crippen LogP contribution in [-0.4, -0.2) is 71.5 Å². The molecule has 1 aromatic rings. The Balaban J connectivity index is 1.68. The van der Waals surface area contributed by atoms with Crippen LogP contribution in [0.2, 0.25) is 0 Å². The number of nitrogens with zero attached hydrogens (tertiary/aromatic N) is 2. The Kier molecular flexibility index (Phi) is 11.1. The Labute approximate surface area is 240 Å². The Morgan fingerprint density at radius 3 is 2.40 bits per heavy atom. The number of hydrogen-bond donors (Lipinski definition) is 2. The molecule has 2 fully saturated rings. The van der Waals surface area contributed by atoms with Crippen LogP contribution in [0.5, 0.6) is 0 Å². The molecular formula is C27H35F3N4O8. The number of alkyl halides is 3. The quantitative estimate of drug-likeness (QED) is 0.231. The lowest BCUT2D eigenvalue weighted by Crippen LogP contribution is -2.70. The number of pyridine rings is 1. The summed E-state index contributed by atoms with van der Waals surface area (Å²) in [5.74, 6) is -4.65. The summed E-state index contributed by atoms with van der Waals surface area (Å²) in [4.78, 5) is 66.7. The Morgan fingerprint density at radius 1 is 1.10 bits per heavy atom. The molecule has 1 saturated carbocycles. The van der Waals surface area contributed by atoms with Crippen LogP contribution in [0.4, 0.5) is 28.6 Å². The zero-order chi connectivity index (χ0) is 31.0. The van der Waals surface area contributed by atoms with Gasteiger partial charge in [0.15, 0.2) is 6.04 Å². The van der Waals surface area contributed by atoms with Gasteiger partial charge in [-0.15, -0.1) is 0 Å². The molecular weight excluding hydrogens is 565 g/mol. The van der Waals surface area contributed by atoms with Gasteiger partial charge >= 0.3 is 30.2 Å². The first-order valence-electron chi connectivity index (χ1n) is 13.8. The topological polar surface area (TPSA) is 153 Å². The van der Waals surface area contributed by atoms with Gasteiger partial charge in [-0.2, -0.15) is 13.2 Å². The molecule has 1 aromatic heterocycles. The van der Waals surface area contributed by atoms with Crippen molar-refractivity contribution >= 4 is 35.8 Å². The van der Waals surface area contributed by atoms with Crippen LogP contribution in [0, 0.1) is 17.8 Å². The predicted octanol–water partition coefficient (Wildman–Crippen LogP) is 3.94. The van der Waals surface area contributed by atoms with Crippen molar-refractivity contribution in [1.29, 1.82) is 0 Å². The highest BCUT2D eigenvalue weighted by molar-refractivity contribution is 6.08. The van der Waals surface area contributed by atoms with Gasteiger partial charge in [0.25, 0.3) is 0 Å². The predicted molar refractivity (Wildman–Crippen MR) is 140 cm³/mol. The summed E-state index contributed by atoms with van der Waals surface area (Å²) in [6.45, 7) is 4.05. The highest BCUT2D eigenvalue weighted by Gasteiger charge is 2.57. The molecule has 42 heavy (non-hydrogen) atoms. The Hall–Kier alpha value is -3.91. The average Bonchev–Trinajstić information content (AvgIpc) is 2.93. The molecule has 1 aliphatic carbocycles. The normalized spacial score (nSPS) is 19.9. The van der Waals surface area contributed by atoms with Crippen molar-refractivity contribution in [2.75, 3.05) is 18.7 Å². The number of rotatable bonds is 10. The zero-order valence-electron chi connectivity index (χ0n) is 23.6. The van der Waals surface area contributed by atoms with Gasteiger partial charge in [0.1, 0.15) is 11.9 Å². The third-order valence-corrected chi connectivity index (χ3v) is 7.09. The number of urea groups is 1. The number of aromatic nitrogens is 1. The number of hydrogen-bond acceptors (Lipinski definition) is 9. The molecule has 1 saturated heterocycles. The van der Waals surface area contributed by atoms with E-state index in [0.717, 1.165) is 6.42 Å². The van der Waals surface area contributed by atoms with Gasteiger partial charge in [-0.25, -0.2) is 24.3 Å². The van der Waals surface area contributed by atoms with E-state index >= 15 is 0 Å². The van der Waals surface area contributed by atoms with Gasteiger partial charge in [-0.05, 0) is 49.8 Å². The Bertz CT molecular complexity index is 1160. The molecule has 3 rings (SSSR count). The molecule has 2 N–H and O–H groups in total. The minimum Gasteiger partial charge on any atom is -0.464 e. The minimum absolute atomic E-state index is 0.0160. The summed E-state index contributed by atoms with van der Waals surface area (Å²) in [6.07, 6.45) is -1.89. The maximum Gasteiger partial charge on any atom is 0.415 e. The smallest absolute Gasteiger partial charge is 0.415 e. The minimum atomic E-state index is -4.73. The van der Waals surface area contributed by atoms with Crippen molar-refractivity contribution in [2.45, 2.75) is 77.6 Å². The molecule has 1 aliphatic heterocycles. The fraction of sp³-hybridized carbons (Fsp3) is 0.630. The van der Waals surface area contributed by atoms with Gasteiger partial charge in [-0.3, -0.25) is 14.9 Å². The second-order valence-corrected chi connectivity index (χ2v) is 10.4. The first-order valence-corrected chi connectivity index (χ1v) is 13.8. The monoisotopic (exact) mass is 600 g/mol. The number of imide groups is 1. The lowest BCUT2D eigenvalue weighted by Gasteiger charge is -2.44. The second-order valence-electron chi connectivity index (χ2n) is 10.4. The molecule has 2 heterocycles. The lowest BCUT2D eigenvalue weighted by atomic mass is 9.82. The molecule has 2 aliphatic rings. The number of carbonyl (C=O) groups is 5. The maximum absolute atomic E-state index is 13.9. The van der Waals surface area contributed by atoms with Crippen molar-refractivity contribution < 1.29 is 51.4 Å². The Morgan fingerprint density at radius 2 is 1.79 bits per heavy atom. The van der Waals surface area contributed by atoms with Crippen LogP contribution in [0.3, 0.4) is 0 Å². The summed E-state index contributed by atoms with van der Waals surface area (Å²) in [6, 6.07) is -2.00. The first kappa shape index (κ1) is 32.6. The van der Waals surface area contributed by atoms with E-state index in [0.29, 0.717) is 23.3 Å². The van der Waals surface area contributed by atoms with Crippen molar-refractivity contribution in [3.8, 4) is 0 Å². The van der Waals surface area contributed by atoms with E-state index in [9.17, 15) is 37.1 Å². The summed E-state index contributed by atoms with van der Waals surface area (Å²) >= 11 is 0. The molecule has 0 spiro atoms. The van der Waals surface area contributed by atoms with E-state index in [1.165, 1.54) is 25.3 Å². The molecule has 4 amide bonds. The van der Waals surface area contributed by atoms with Crippen LogP contribution in [0.1, 0.15) is 58.4 Å². The number of anilines is 1. The molecule has 3 atom stereocenters. The molecule has 12 nitrogen and oxygen atoms in total. The van der Waals surface area contributed by atoms with Crippen LogP contribution in [0.25, 0.3) is 0 Å². The van der Waals surface area contributed by atoms with Gasteiger partial charge in [-0.1, -0.05) is 33.1 Å². The standard InChI is InChI=1S/C27H35F3N4O8/c1-4-40-24(37)20-18(12-16-10-11-31-19(13-16)32-26(39)42-14-41-23(36)15(2)3)22(35)34(20)25(38)33-21(27(28,29)30)17-8-6-5-7-9-17/h10-11,13,15,17-18,20-21H,4-9,12,14H2,1-3H3,(H,33,38)(H,31,32,39)/t18-,20?,21+/m1/s1. The van der Waals surface area contributed by atoms with E-state index in [-0.39, 0.29) is 31.7 Å². The number of ether oxygens (including phenoxy) is 3. The van der Waals surface area contributed by atoms with E-state index in [4.69, 9.17) is 14.2 Å². The van der Waals surface area contributed by atoms with Crippen LogP contribution in [-0.2, 0) is 35.0 Å². The fourth-order valence-corrected chi connectivity index (χ4v) is 4.98. The van der Waals surface area contributed by atoms with Crippen LogP contribution >= 0.6 is 0 Å².